The van der Waals surface area contributed by atoms with Crippen molar-refractivity contribution in [2.24, 2.45) is 0 Å². The Hall–Kier alpha value is -0.910. The van der Waals surface area contributed by atoms with E-state index in [0.717, 1.165) is 42.4 Å². The monoisotopic (exact) mass is 422 g/mol. The standard InChI is InChI=1S/C21H31BrN2O2/c22-19-8-6-18(7-9-19)21(10-16-26-17-11-21)20(25)23-12-5-15-24-13-3-1-2-4-14-24/h6-9H,1-5,10-17H2,(H,23,25). The van der Waals surface area contributed by atoms with Crippen molar-refractivity contribution >= 4 is 21.8 Å². The summed E-state index contributed by atoms with van der Waals surface area (Å²) in [4.78, 5) is 15.7. The second-order valence-electron chi connectivity index (χ2n) is 7.57. The maximum Gasteiger partial charge on any atom is 0.230 e. The van der Waals surface area contributed by atoms with Crippen LogP contribution in [-0.2, 0) is 14.9 Å². The van der Waals surface area contributed by atoms with Gasteiger partial charge in [-0.05, 0) is 69.4 Å². The molecule has 0 saturated carbocycles. The molecule has 0 bridgehead atoms. The highest BCUT2D eigenvalue weighted by Gasteiger charge is 2.41. The van der Waals surface area contributed by atoms with Crippen LogP contribution >= 0.6 is 15.9 Å². The van der Waals surface area contributed by atoms with Crippen LogP contribution in [0.1, 0.15) is 50.5 Å². The van der Waals surface area contributed by atoms with Crippen LogP contribution in [0, 0.1) is 0 Å². The van der Waals surface area contributed by atoms with E-state index in [1.54, 1.807) is 0 Å². The fourth-order valence-corrected chi connectivity index (χ4v) is 4.43. The van der Waals surface area contributed by atoms with E-state index in [9.17, 15) is 4.79 Å². The van der Waals surface area contributed by atoms with Crippen LogP contribution in [0.2, 0.25) is 0 Å². The van der Waals surface area contributed by atoms with Gasteiger partial charge in [-0.2, -0.15) is 0 Å². The van der Waals surface area contributed by atoms with Gasteiger partial charge in [0.05, 0.1) is 5.41 Å². The van der Waals surface area contributed by atoms with Gasteiger partial charge in [0, 0.05) is 24.2 Å². The Kier molecular flexibility index (Phi) is 7.52. The first kappa shape index (κ1) is 19.8. The Bertz CT molecular complexity index is 562. The van der Waals surface area contributed by atoms with Gasteiger partial charge < -0.3 is 15.0 Å². The van der Waals surface area contributed by atoms with Gasteiger partial charge in [0.2, 0.25) is 5.91 Å². The Labute approximate surface area is 165 Å². The van der Waals surface area contributed by atoms with Gasteiger partial charge in [0.15, 0.2) is 0 Å². The topological polar surface area (TPSA) is 41.6 Å². The molecule has 0 aliphatic carbocycles. The molecule has 2 aliphatic heterocycles. The van der Waals surface area contributed by atoms with E-state index >= 15 is 0 Å². The van der Waals surface area contributed by atoms with E-state index in [1.807, 2.05) is 12.1 Å². The summed E-state index contributed by atoms with van der Waals surface area (Å²) in [6.07, 6.45) is 7.91. The number of amides is 1. The first-order valence-electron chi connectivity index (χ1n) is 10.1. The van der Waals surface area contributed by atoms with Crippen molar-refractivity contribution in [3.8, 4) is 0 Å². The second-order valence-corrected chi connectivity index (χ2v) is 8.48. The molecule has 5 heteroatoms. The normalized spacial score (nSPS) is 21.1. The van der Waals surface area contributed by atoms with E-state index in [-0.39, 0.29) is 5.91 Å². The predicted molar refractivity (Wildman–Crippen MR) is 108 cm³/mol. The van der Waals surface area contributed by atoms with Crippen LogP contribution in [-0.4, -0.2) is 50.2 Å². The summed E-state index contributed by atoms with van der Waals surface area (Å²) in [6.45, 7) is 5.58. The first-order chi connectivity index (χ1) is 12.7. The van der Waals surface area contributed by atoms with Gasteiger partial charge in [-0.3, -0.25) is 4.79 Å². The summed E-state index contributed by atoms with van der Waals surface area (Å²) in [5.41, 5.74) is 0.663. The molecule has 2 heterocycles. The fraction of sp³-hybridized carbons (Fsp3) is 0.667. The molecular weight excluding hydrogens is 392 g/mol. The molecule has 0 spiro atoms. The maximum atomic E-state index is 13.1. The van der Waals surface area contributed by atoms with E-state index < -0.39 is 5.41 Å². The fourth-order valence-electron chi connectivity index (χ4n) is 4.17. The minimum atomic E-state index is -0.443. The maximum absolute atomic E-state index is 13.1. The quantitative estimate of drug-likeness (QED) is 0.707. The minimum Gasteiger partial charge on any atom is -0.381 e. The average molecular weight is 423 g/mol. The predicted octanol–water partition coefficient (Wildman–Crippen LogP) is 3.88. The van der Waals surface area contributed by atoms with Crippen LogP contribution in [0.25, 0.3) is 0 Å². The first-order valence-corrected chi connectivity index (χ1v) is 10.8. The molecule has 2 fully saturated rings. The Morgan fingerprint density at radius 2 is 1.73 bits per heavy atom. The molecule has 4 nitrogen and oxygen atoms in total. The van der Waals surface area contributed by atoms with Crippen LogP contribution in [0.15, 0.2) is 28.7 Å². The summed E-state index contributed by atoms with van der Waals surface area (Å²) < 4.78 is 6.58. The molecule has 1 amide bonds. The van der Waals surface area contributed by atoms with Crippen molar-refractivity contribution in [2.45, 2.75) is 50.4 Å². The molecule has 0 radical (unpaired) electrons. The summed E-state index contributed by atoms with van der Waals surface area (Å²) in [7, 11) is 0. The SMILES string of the molecule is O=C(NCCCN1CCCCCC1)C1(c2ccc(Br)cc2)CCOCC1. The third-order valence-corrected chi connectivity index (χ3v) is 6.34. The molecule has 0 atom stereocenters. The van der Waals surface area contributed by atoms with Gasteiger partial charge in [0.25, 0.3) is 0 Å². The zero-order valence-corrected chi connectivity index (χ0v) is 17.2. The highest BCUT2D eigenvalue weighted by Crippen LogP contribution is 2.35. The van der Waals surface area contributed by atoms with Crippen LogP contribution in [0.5, 0.6) is 0 Å². The number of likely N-dealkylation sites (tertiary alicyclic amines) is 1. The van der Waals surface area contributed by atoms with Gasteiger partial charge >= 0.3 is 0 Å². The lowest BCUT2D eigenvalue weighted by atomic mass is 9.73. The Balaban J connectivity index is 1.55. The zero-order chi connectivity index (χ0) is 18.2. The number of rotatable bonds is 6. The number of hydrogen-bond donors (Lipinski definition) is 1. The lowest BCUT2D eigenvalue weighted by Gasteiger charge is -2.36. The molecule has 2 aliphatic rings. The summed E-state index contributed by atoms with van der Waals surface area (Å²) in [5.74, 6) is 0.166. The lowest BCUT2D eigenvalue weighted by Crippen LogP contribution is -2.48. The second kappa shape index (κ2) is 9.86. The third-order valence-electron chi connectivity index (χ3n) is 5.81. The molecule has 0 unspecified atom stereocenters. The van der Waals surface area contributed by atoms with Gasteiger partial charge in [0.1, 0.15) is 0 Å². The number of hydrogen-bond acceptors (Lipinski definition) is 3. The van der Waals surface area contributed by atoms with Crippen LogP contribution in [0.4, 0.5) is 0 Å². The number of halogens is 1. The van der Waals surface area contributed by atoms with Crippen molar-refractivity contribution in [2.75, 3.05) is 39.4 Å². The van der Waals surface area contributed by atoms with Crippen LogP contribution < -0.4 is 5.32 Å². The lowest BCUT2D eigenvalue weighted by molar-refractivity contribution is -0.130. The number of carbonyl (C=O) groups is 1. The largest absolute Gasteiger partial charge is 0.381 e. The van der Waals surface area contributed by atoms with Crippen molar-refractivity contribution in [1.82, 2.24) is 10.2 Å². The number of ether oxygens (including phenoxy) is 1. The molecule has 1 N–H and O–H groups in total. The molecule has 3 rings (SSSR count). The zero-order valence-electron chi connectivity index (χ0n) is 15.6. The number of nitrogens with zero attached hydrogens (tertiary/aromatic N) is 1. The van der Waals surface area contributed by atoms with E-state index in [1.165, 1.54) is 38.8 Å². The van der Waals surface area contributed by atoms with Crippen LogP contribution in [0.3, 0.4) is 0 Å². The molecule has 26 heavy (non-hydrogen) atoms. The van der Waals surface area contributed by atoms with E-state index in [4.69, 9.17) is 4.74 Å². The number of benzene rings is 1. The number of nitrogens with one attached hydrogen (secondary N) is 1. The summed E-state index contributed by atoms with van der Waals surface area (Å²) in [5, 5.41) is 3.23. The summed E-state index contributed by atoms with van der Waals surface area (Å²) >= 11 is 3.49. The van der Waals surface area contributed by atoms with Gasteiger partial charge in [-0.1, -0.05) is 40.9 Å². The van der Waals surface area contributed by atoms with Crippen molar-refractivity contribution in [3.05, 3.63) is 34.3 Å². The minimum absolute atomic E-state index is 0.166. The molecule has 1 aromatic rings. The number of carbonyl (C=O) groups excluding carboxylic acids is 1. The molecular formula is C21H31BrN2O2. The highest BCUT2D eigenvalue weighted by molar-refractivity contribution is 9.10. The van der Waals surface area contributed by atoms with Crippen molar-refractivity contribution in [3.63, 3.8) is 0 Å². The van der Waals surface area contributed by atoms with Crippen molar-refractivity contribution < 1.29 is 9.53 Å². The molecule has 1 aromatic carbocycles. The van der Waals surface area contributed by atoms with Crippen molar-refractivity contribution in [1.29, 1.82) is 0 Å². The molecule has 0 aromatic heterocycles. The van der Waals surface area contributed by atoms with Gasteiger partial charge in [-0.25, -0.2) is 0 Å². The van der Waals surface area contributed by atoms with Gasteiger partial charge in [-0.15, -0.1) is 0 Å². The summed E-state index contributed by atoms with van der Waals surface area (Å²) in [6, 6.07) is 8.21. The van der Waals surface area contributed by atoms with E-state index in [0.29, 0.717) is 13.2 Å². The van der Waals surface area contributed by atoms with E-state index in [2.05, 4.69) is 38.3 Å². The highest BCUT2D eigenvalue weighted by atomic mass is 79.9. The Morgan fingerprint density at radius 1 is 1.08 bits per heavy atom. The smallest absolute Gasteiger partial charge is 0.230 e. The Morgan fingerprint density at radius 3 is 2.38 bits per heavy atom. The molecule has 144 valence electrons. The molecule has 2 saturated heterocycles. The third kappa shape index (κ3) is 5.08. The average Bonchev–Trinajstić information content (AvgIpc) is 2.95.